The summed E-state index contributed by atoms with van der Waals surface area (Å²) < 4.78 is 0. The number of hydrogen-bond acceptors (Lipinski definition) is 2. The summed E-state index contributed by atoms with van der Waals surface area (Å²) in [6, 6.07) is 6.11. The fraction of sp³-hybridized carbons (Fsp3) is 0.609. The number of fused-ring (bicyclic) bond motifs is 6. The summed E-state index contributed by atoms with van der Waals surface area (Å²) in [6.07, 6.45) is 8.52. The highest BCUT2D eigenvalue weighted by Crippen LogP contribution is 2.57. The second-order valence-electron chi connectivity index (χ2n) is 9.75. The molecule has 4 aliphatic rings. The molecule has 5 rings (SSSR count). The highest BCUT2D eigenvalue weighted by molar-refractivity contribution is 5.81. The molecule has 1 aromatic rings. The molecule has 0 unspecified atom stereocenters. The van der Waals surface area contributed by atoms with Gasteiger partial charge in [-0.2, -0.15) is 0 Å². The maximum atomic E-state index is 13.5. The lowest BCUT2D eigenvalue weighted by molar-refractivity contribution is -0.149. The lowest BCUT2D eigenvalue weighted by Crippen LogP contribution is -2.65. The average molecular weight is 351 g/mol. The van der Waals surface area contributed by atoms with Crippen LogP contribution in [-0.2, 0) is 16.6 Å². The van der Waals surface area contributed by atoms with Crippen LogP contribution in [0.25, 0.3) is 0 Å². The largest absolute Gasteiger partial charge is 0.508 e. The van der Waals surface area contributed by atoms with Crippen LogP contribution < -0.4 is 0 Å². The van der Waals surface area contributed by atoms with Crippen LogP contribution in [0, 0.1) is 23.2 Å². The van der Waals surface area contributed by atoms with Gasteiger partial charge in [-0.3, -0.25) is 4.79 Å². The van der Waals surface area contributed by atoms with E-state index in [-0.39, 0.29) is 22.8 Å². The number of nitrogens with zero attached hydrogens (tertiary/aromatic N) is 1. The molecule has 1 aromatic carbocycles. The normalized spacial score (nSPS) is 39.1. The third-order valence-electron chi connectivity index (χ3n) is 8.51. The molecule has 1 N–H and O–H groups in total. The first-order valence-corrected chi connectivity index (χ1v) is 10.1. The summed E-state index contributed by atoms with van der Waals surface area (Å²) in [6.45, 7) is 7.82. The summed E-state index contributed by atoms with van der Waals surface area (Å²) in [7, 11) is 0. The molecule has 26 heavy (non-hydrogen) atoms. The predicted octanol–water partition coefficient (Wildman–Crippen LogP) is 4.05. The molecule has 1 amide bonds. The van der Waals surface area contributed by atoms with E-state index < -0.39 is 0 Å². The Labute approximate surface area is 156 Å². The van der Waals surface area contributed by atoms with Gasteiger partial charge in [0.05, 0.1) is 0 Å². The highest BCUT2D eigenvalue weighted by Gasteiger charge is 2.58. The number of rotatable bonds is 1. The third kappa shape index (κ3) is 1.92. The molecule has 138 valence electrons. The Morgan fingerprint density at radius 3 is 2.69 bits per heavy atom. The molecule has 0 radical (unpaired) electrons. The Bertz CT molecular complexity index is 810. The van der Waals surface area contributed by atoms with Gasteiger partial charge in [-0.1, -0.05) is 45.1 Å². The zero-order valence-corrected chi connectivity index (χ0v) is 16.0. The Kier molecular flexibility index (Phi) is 3.25. The number of phenols is 1. The van der Waals surface area contributed by atoms with E-state index >= 15 is 0 Å². The van der Waals surface area contributed by atoms with Crippen LogP contribution in [0.3, 0.4) is 0 Å². The molecule has 1 saturated heterocycles. The van der Waals surface area contributed by atoms with E-state index in [9.17, 15) is 9.90 Å². The molecule has 3 aliphatic carbocycles. The Balaban J connectivity index is 1.54. The van der Waals surface area contributed by atoms with Crippen molar-refractivity contribution in [2.24, 2.45) is 23.2 Å². The quantitative estimate of drug-likeness (QED) is 0.776. The van der Waals surface area contributed by atoms with E-state index in [1.54, 1.807) is 6.07 Å². The molecule has 3 heteroatoms. The number of hydrogen-bond donors (Lipinski definition) is 1. The zero-order chi connectivity index (χ0) is 18.3. The van der Waals surface area contributed by atoms with E-state index in [0.29, 0.717) is 23.5 Å². The van der Waals surface area contributed by atoms with E-state index in [2.05, 4.69) is 43.9 Å². The first kappa shape index (κ1) is 16.4. The number of piperidine rings is 1. The maximum Gasteiger partial charge on any atom is 0.226 e. The number of carbonyl (C=O) groups excluding carboxylic acids is 1. The van der Waals surface area contributed by atoms with Gasteiger partial charge in [0.25, 0.3) is 0 Å². The van der Waals surface area contributed by atoms with Gasteiger partial charge in [0.2, 0.25) is 5.91 Å². The smallest absolute Gasteiger partial charge is 0.226 e. The van der Waals surface area contributed by atoms with Gasteiger partial charge in [-0.05, 0) is 60.1 Å². The van der Waals surface area contributed by atoms with Gasteiger partial charge < -0.3 is 10.0 Å². The Morgan fingerprint density at radius 1 is 1.19 bits per heavy atom. The zero-order valence-electron chi connectivity index (χ0n) is 16.0. The summed E-state index contributed by atoms with van der Waals surface area (Å²) in [5.41, 5.74) is 2.34. The van der Waals surface area contributed by atoms with Crippen LogP contribution >= 0.6 is 0 Å². The van der Waals surface area contributed by atoms with Gasteiger partial charge in [0.1, 0.15) is 5.75 Å². The molecule has 0 spiro atoms. The Hall–Kier alpha value is -1.77. The standard InChI is InChI=1S/C23H29NO2/c1-22(2)20-13-17-18(5-4-6-19(17)25)23(22,3)9-10-24(20)21(26)16-12-14-7-8-15(16)11-14/h4-8,14-16,20,25H,9-13H2,1-3H3/t14-,15-,16+,20-,23+/m1/s1. The molecule has 4 bridgehead atoms. The topological polar surface area (TPSA) is 40.5 Å². The van der Waals surface area contributed by atoms with Crippen LogP contribution in [0.1, 0.15) is 51.2 Å². The first-order valence-electron chi connectivity index (χ1n) is 10.1. The molecule has 0 aromatic heterocycles. The molecule has 2 fully saturated rings. The number of amides is 1. The van der Waals surface area contributed by atoms with Crippen LogP contribution in [0.15, 0.2) is 30.4 Å². The first-order chi connectivity index (χ1) is 12.3. The van der Waals surface area contributed by atoms with Crippen molar-refractivity contribution in [3.8, 4) is 5.75 Å². The number of carbonyl (C=O) groups is 1. The van der Waals surface area contributed by atoms with Crippen molar-refractivity contribution in [2.75, 3.05) is 6.54 Å². The number of aromatic hydroxyl groups is 1. The molecule has 5 atom stereocenters. The van der Waals surface area contributed by atoms with Crippen molar-refractivity contribution in [3.63, 3.8) is 0 Å². The molecule has 1 aliphatic heterocycles. The van der Waals surface area contributed by atoms with Gasteiger partial charge >= 0.3 is 0 Å². The minimum absolute atomic E-state index is 0.00461. The van der Waals surface area contributed by atoms with Crippen molar-refractivity contribution >= 4 is 5.91 Å². The maximum absolute atomic E-state index is 13.5. The monoisotopic (exact) mass is 351 g/mol. The van der Waals surface area contributed by atoms with Crippen LogP contribution in [0.5, 0.6) is 5.75 Å². The number of allylic oxidation sites excluding steroid dienone is 2. The minimum Gasteiger partial charge on any atom is -0.508 e. The second kappa shape index (κ2) is 5.15. The second-order valence-corrected chi connectivity index (χ2v) is 9.75. The number of benzene rings is 1. The summed E-state index contributed by atoms with van der Waals surface area (Å²) in [5.74, 6) is 2.00. The summed E-state index contributed by atoms with van der Waals surface area (Å²) in [5, 5.41) is 10.5. The number of likely N-dealkylation sites (tertiary alicyclic amines) is 1. The molecular formula is C23H29NO2. The lowest BCUT2D eigenvalue weighted by atomic mass is 9.51. The molecule has 1 heterocycles. The lowest BCUT2D eigenvalue weighted by Gasteiger charge is -2.61. The highest BCUT2D eigenvalue weighted by atomic mass is 16.3. The van der Waals surface area contributed by atoms with Crippen LogP contribution in [0.2, 0.25) is 0 Å². The van der Waals surface area contributed by atoms with Crippen molar-refractivity contribution < 1.29 is 9.90 Å². The fourth-order valence-corrected chi connectivity index (χ4v) is 6.47. The molecule has 1 saturated carbocycles. The minimum atomic E-state index is -0.00480. The third-order valence-corrected chi connectivity index (χ3v) is 8.51. The summed E-state index contributed by atoms with van der Waals surface area (Å²) >= 11 is 0. The Morgan fingerprint density at radius 2 is 2.00 bits per heavy atom. The number of phenolic OH excluding ortho intramolecular Hbond substituents is 1. The fourth-order valence-electron chi connectivity index (χ4n) is 6.47. The van der Waals surface area contributed by atoms with Crippen LogP contribution in [-0.4, -0.2) is 28.5 Å². The van der Waals surface area contributed by atoms with E-state index in [0.717, 1.165) is 31.4 Å². The van der Waals surface area contributed by atoms with Crippen molar-refractivity contribution in [2.45, 2.75) is 57.9 Å². The van der Waals surface area contributed by atoms with Crippen LogP contribution in [0.4, 0.5) is 0 Å². The summed E-state index contributed by atoms with van der Waals surface area (Å²) in [4.78, 5) is 15.7. The molecular weight excluding hydrogens is 322 g/mol. The van der Waals surface area contributed by atoms with E-state index in [1.807, 2.05) is 6.07 Å². The van der Waals surface area contributed by atoms with Gasteiger partial charge in [0.15, 0.2) is 0 Å². The predicted molar refractivity (Wildman–Crippen MR) is 102 cm³/mol. The van der Waals surface area contributed by atoms with Gasteiger partial charge in [-0.25, -0.2) is 0 Å². The van der Waals surface area contributed by atoms with Crippen molar-refractivity contribution in [1.82, 2.24) is 4.90 Å². The van der Waals surface area contributed by atoms with Crippen molar-refractivity contribution in [3.05, 3.63) is 41.5 Å². The van der Waals surface area contributed by atoms with Gasteiger partial charge in [-0.15, -0.1) is 0 Å². The van der Waals surface area contributed by atoms with Gasteiger partial charge in [0, 0.05) is 23.9 Å². The molecule has 3 nitrogen and oxygen atoms in total. The average Bonchev–Trinajstić information content (AvgIpc) is 3.21. The SMILES string of the molecule is CC1(C)[C@H]2Cc3c(O)cccc3[C@]1(C)CCN2C(=O)[C@H]1C[C@@H]2C=C[C@@H]1C2. The van der Waals surface area contributed by atoms with E-state index in [1.165, 1.54) is 12.0 Å². The van der Waals surface area contributed by atoms with E-state index in [4.69, 9.17) is 0 Å². The van der Waals surface area contributed by atoms with Crippen molar-refractivity contribution in [1.29, 1.82) is 0 Å².